The summed E-state index contributed by atoms with van der Waals surface area (Å²) in [7, 11) is 1.65. The molecule has 0 amide bonds. The maximum absolute atomic E-state index is 6.12. The molecule has 0 unspecified atom stereocenters. The Hall–Kier alpha value is -1.26. The van der Waals surface area contributed by atoms with Gasteiger partial charge in [-0.3, -0.25) is 0 Å². The van der Waals surface area contributed by atoms with Gasteiger partial charge >= 0.3 is 0 Å². The summed E-state index contributed by atoms with van der Waals surface area (Å²) in [6.07, 6.45) is 0. The van der Waals surface area contributed by atoms with E-state index in [9.17, 15) is 0 Å². The molecule has 1 aromatic heterocycles. The third-order valence-electron chi connectivity index (χ3n) is 3.13. The van der Waals surface area contributed by atoms with Crippen molar-refractivity contribution in [2.24, 2.45) is 0 Å². The van der Waals surface area contributed by atoms with E-state index in [-0.39, 0.29) is 5.41 Å². The summed E-state index contributed by atoms with van der Waals surface area (Å²) < 4.78 is 5.36. The van der Waals surface area contributed by atoms with Crippen LogP contribution in [-0.4, -0.2) is 12.1 Å². The number of ether oxygens (including phenoxy) is 1. The fourth-order valence-corrected chi connectivity index (χ4v) is 2.95. The van der Waals surface area contributed by atoms with Crippen LogP contribution in [0.15, 0.2) is 17.5 Å². The van der Waals surface area contributed by atoms with Gasteiger partial charge in [-0.1, -0.05) is 32.4 Å². The quantitative estimate of drug-likeness (QED) is 0.857. The standard InChI is InChI=1S/C16H21ClN2OS/c1-10-6-13(14(20-5)7-12(10)17)18-8-11-9-21-15(19-11)16(2,3)4/h6-7,9,18H,8H2,1-5H3. The van der Waals surface area contributed by atoms with Gasteiger partial charge in [0.25, 0.3) is 0 Å². The number of anilines is 1. The number of halogens is 1. The topological polar surface area (TPSA) is 34.1 Å². The highest BCUT2D eigenvalue weighted by Crippen LogP contribution is 2.31. The minimum absolute atomic E-state index is 0.0947. The lowest BCUT2D eigenvalue weighted by atomic mass is 9.98. The Morgan fingerprint density at radius 1 is 1.33 bits per heavy atom. The van der Waals surface area contributed by atoms with Crippen molar-refractivity contribution in [3.05, 3.63) is 38.8 Å². The molecule has 1 aromatic carbocycles. The number of aryl methyl sites for hydroxylation is 1. The first-order valence-electron chi connectivity index (χ1n) is 6.84. The number of hydrogen-bond acceptors (Lipinski definition) is 4. The fraction of sp³-hybridized carbons (Fsp3) is 0.438. The summed E-state index contributed by atoms with van der Waals surface area (Å²) in [5.74, 6) is 0.747. The van der Waals surface area contributed by atoms with Crippen LogP contribution in [-0.2, 0) is 12.0 Å². The number of thiazole rings is 1. The van der Waals surface area contributed by atoms with E-state index in [2.05, 4.69) is 36.5 Å². The van der Waals surface area contributed by atoms with Gasteiger partial charge in [0.1, 0.15) is 5.75 Å². The maximum Gasteiger partial charge on any atom is 0.143 e. The molecule has 0 aliphatic heterocycles. The van der Waals surface area contributed by atoms with Crippen molar-refractivity contribution in [2.45, 2.75) is 39.7 Å². The van der Waals surface area contributed by atoms with Gasteiger partial charge in [-0.15, -0.1) is 11.3 Å². The molecule has 0 fully saturated rings. The lowest BCUT2D eigenvalue weighted by molar-refractivity contribution is 0.416. The van der Waals surface area contributed by atoms with Crippen molar-refractivity contribution in [1.29, 1.82) is 0 Å². The Labute approximate surface area is 135 Å². The molecular formula is C16H21ClN2OS. The summed E-state index contributed by atoms with van der Waals surface area (Å²) in [5.41, 5.74) is 3.09. The van der Waals surface area contributed by atoms with Crippen LogP contribution in [0.25, 0.3) is 0 Å². The molecular weight excluding hydrogens is 304 g/mol. The van der Waals surface area contributed by atoms with Gasteiger partial charge in [-0.25, -0.2) is 4.98 Å². The van der Waals surface area contributed by atoms with Gasteiger partial charge in [0.05, 0.1) is 30.0 Å². The molecule has 1 heterocycles. The van der Waals surface area contributed by atoms with Gasteiger partial charge in [-0.05, 0) is 18.6 Å². The molecule has 2 rings (SSSR count). The molecule has 0 spiro atoms. The second-order valence-corrected chi connectivity index (χ2v) is 7.31. The monoisotopic (exact) mass is 324 g/mol. The van der Waals surface area contributed by atoms with E-state index in [4.69, 9.17) is 16.3 Å². The molecule has 0 saturated heterocycles. The predicted molar refractivity (Wildman–Crippen MR) is 90.9 cm³/mol. The summed E-state index contributed by atoms with van der Waals surface area (Å²) in [6, 6.07) is 3.83. The highest BCUT2D eigenvalue weighted by atomic mass is 35.5. The van der Waals surface area contributed by atoms with Crippen LogP contribution in [0.3, 0.4) is 0 Å². The Morgan fingerprint density at radius 2 is 2.05 bits per heavy atom. The SMILES string of the molecule is COc1cc(Cl)c(C)cc1NCc1csc(C(C)(C)C)n1. The predicted octanol–water partition coefficient (Wildman–Crippen LogP) is 5.02. The van der Waals surface area contributed by atoms with E-state index in [1.54, 1.807) is 18.4 Å². The first kappa shape index (κ1) is 16.1. The third-order valence-corrected chi connectivity index (χ3v) is 4.86. The minimum Gasteiger partial charge on any atom is -0.495 e. The molecule has 0 radical (unpaired) electrons. The van der Waals surface area contributed by atoms with Crippen molar-refractivity contribution in [2.75, 3.05) is 12.4 Å². The summed E-state index contributed by atoms with van der Waals surface area (Å²) in [5, 5.41) is 7.33. The van der Waals surface area contributed by atoms with Gasteiger partial charge in [0.15, 0.2) is 0 Å². The molecule has 2 aromatic rings. The van der Waals surface area contributed by atoms with Crippen LogP contribution in [0.1, 0.15) is 37.0 Å². The third kappa shape index (κ3) is 3.89. The molecule has 0 aliphatic carbocycles. The van der Waals surface area contributed by atoms with Crippen LogP contribution >= 0.6 is 22.9 Å². The average Bonchev–Trinajstić information content (AvgIpc) is 2.88. The van der Waals surface area contributed by atoms with Crippen LogP contribution in [0, 0.1) is 6.92 Å². The fourth-order valence-electron chi connectivity index (χ4n) is 1.89. The van der Waals surface area contributed by atoms with Crippen LogP contribution in [0.5, 0.6) is 5.75 Å². The average molecular weight is 325 g/mol. The molecule has 1 N–H and O–H groups in total. The van der Waals surface area contributed by atoms with E-state index in [0.717, 1.165) is 27.7 Å². The zero-order chi connectivity index (χ0) is 15.6. The second-order valence-electron chi connectivity index (χ2n) is 6.05. The Bertz CT molecular complexity index is 632. The zero-order valence-corrected chi connectivity index (χ0v) is 14.7. The van der Waals surface area contributed by atoms with Crippen LogP contribution in [0.4, 0.5) is 5.69 Å². The van der Waals surface area contributed by atoms with Gasteiger partial charge < -0.3 is 10.1 Å². The summed E-state index contributed by atoms with van der Waals surface area (Å²) in [4.78, 5) is 4.68. The molecule has 0 atom stereocenters. The molecule has 5 heteroatoms. The number of benzene rings is 1. The first-order chi connectivity index (χ1) is 9.81. The van der Waals surface area contributed by atoms with Crippen LogP contribution < -0.4 is 10.1 Å². The van der Waals surface area contributed by atoms with Gasteiger partial charge in [-0.2, -0.15) is 0 Å². The highest BCUT2D eigenvalue weighted by Gasteiger charge is 2.18. The first-order valence-corrected chi connectivity index (χ1v) is 8.10. The number of nitrogens with one attached hydrogen (secondary N) is 1. The molecule has 0 bridgehead atoms. The molecule has 3 nitrogen and oxygen atoms in total. The lowest BCUT2D eigenvalue weighted by Crippen LogP contribution is -2.11. The summed E-state index contributed by atoms with van der Waals surface area (Å²) >= 11 is 7.82. The van der Waals surface area contributed by atoms with E-state index < -0.39 is 0 Å². The molecule has 21 heavy (non-hydrogen) atoms. The smallest absolute Gasteiger partial charge is 0.143 e. The van der Waals surface area contributed by atoms with Crippen molar-refractivity contribution >= 4 is 28.6 Å². The number of hydrogen-bond donors (Lipinski definition) is 1. The number of methoxy groups -OCH3 is 1. The Kier molecular flexibility index (Phi) is 4.79. The second kappa shape index (κ2) is 6.24. The van der Waals surface area contributed by atoms with Crippen LogP contribution in [0.2, 0.25) is 5.02 Å². The van der Waals surface area contributed by atoms with E-state index in [1.807, 2.05) is 19.1 Å². The van der Waals surface area contributed by atoms with E-state index >= 15 is 0 Å². The van der Waals surface area contributed by atoms with Gasteiger partial charge in [0, 0.05) is 21.9 Å². The largest absolute Gasteiger partial charge is 0.495 e. The van der Waals surface area contributed by atoms with Gasteiger partial charge in [0.2, 0.25) is 0 Å². The van der Waals surface area contributed by atoms with Crippen molar-refractivity contribution < 1.29 is 4.74 Å². The minimum atomic E-state index is 0.0947. The number of aromatic nitrogens is 1. The lowest BCUT2D eigenvalue weighted by Gasteiger charge is -2.14. The van der Waals surface area contributed by atoms with Crippen molar-refractivity contribution in [3.8, 4) is 5.75 Å². The van der Waals surface area contributed by atoms with E-state index in [1.165, 1.54) is 0 Å². The Balaban J connectivity index is 2.13. The van der Waals surface area contributed by atoms with Crippen molar-refractivity contribution in [3.63, 3.8) is 0 Å². The number of nitrogens with zero attached hydrogens (tertiary/aromatic N) is 1. The van der Waals surface area contributed by atoms with E-state index in [0.29, 0.717) is 11.6 Å². The van der Waals surface area contributed by atoms with Crippen molar-refractivity contribution in [1.82, 2.24) is 4.98 Å². The molecule has 114 valence electrons. The normalized spacial score (nSPS) is 11.5. The zero-order valence-electron chi connectivity index (χ0n) is 13.1. The maximum atomic E-state index is 6.12. The molecule has 0 saturated carbocycles. The molecule has 0 aliphatic rings. The summed E-state index contributed by atoms with van der Waals surface area (Å²) in [6.45, 7) is 9.18. The highest BCUT2D eigenvalue weighted by molar-refractivity contribution is 7.09. The Morgan fingerprint density at radius 3 is 2.62 bits per heavy atom. The number of rotatable bonds is 4.